The van der Waals surface area contributed by atoms with E-state index in [0.29, 0.717) is 12.3 Å². The van der Waals surface area contributed by atoms with Gasteiger partial charge < -0.3 is 15.2 Å². The molecule has 0 saturated heterocycles. The van der Waals surface area contributed by atoms with Gasteiger partial charge in [-0.1, -0.05) is 6.92 Å². The van der Waals surface area contributed by atoms with Crippen molar-refractivity contribution in [2.24, 2.45) is 0 Å². The largest absolute Gasteiger partial charge is 0.477 e. The second kappa shape index (κ2) is 6.24. The Kier molecular flexibility index (Phi) is 4.94. The number of carbonyl (C=O) groups is 2. The zero-order chi connectivity index (χ0) is 12.0. The summed E-state index contributed by atoms with van der Waals surface area (Å²) in [5, 5.41) is 12.9. The number of anilines is 1. The lowest BCUT2D eigenvalue weighted by Gasteiger charge is -2.04. The molecule has 0 aliphatic heterocycles. The maximum atomic E-state index is 11.3. The zero-order valence-corrected chi connectivity index (χ0v) is 9.67. The summed E-state index contributed by atoms with van der Waals surface area (Å²) in [4.78, 5) is 22.2. The predicted octanol–water partition coefficient (Wildman–Crippen LogP) is 1.81. The van der Waals surface area contributed by atoms with Crippen molar-refractivity contribution in [3.63, 3.8) is 0 Å². The average Bonchev–Trinajstić information content (AvgIpc) is 2.66. The van der Waals surface area contributed by atoms with Gasteiger partial charge >= 0.3 is 5.97 Å². The third-order valence-electron chi connectivity index (χ3n) is 1.72. The minimum Gasteiger partial charge on any atom is -0.477 e. The predicted molar refractivity (Wildman–Crippen MR) is 61.0 cm³/mol. The smallest absolute Gasteiger partial charge is 0.348 e. The van der Waals surface area contributed by atoms with Crippen LogP contribution in [0.2, 0.25) is 0 Å². The Bertz CT molecular complexity index is 375. The topological polar surface area (TPSA) is 75.6 Å². The first-order chi connectivity index (χ1) is 7.65. The number of aromatic carboxylic acids is 1. The summed E-state index contributed by atoms with van der Waals surface area (Å²) in [6.45, 7) is 2.41. The van der Waals surface area contributed by atoms with Crippen LogP contribution in [0.15, 0.2) is 11.4 Å². The van der Waals surface area contributed by atoms with Gasteiger partial charge in [-0.25, -0.2) is 4.79 Å². The van der Waals surface area contributed by atoms with Gasteiger partial charge in [0.1, 0.15) is 11.5 Å². The van der Waals surface area contributed by atoms with Crippen LogP contribution in [-0.4, -0.2) is 30.2 Å². The van der Waals surface area contributed by atoms with Crippen LogP contribution < -0.4 is 5.32 Å². The van der Waals surface area contributed by atoms with Crippen LogP contribution in [0.25, 0.3) is 0 Å². The molecule has 0 unspecified atom stereocenters. The second-order valence-electron chi connectivity index (χ2n) is 3.07. The van der Waals surface area contributed by atoms with Gasteiger partial charge in [-0.05, 0) is 17.9 Å². The van der Waals surface area contributed by atoms with Crippen molar-refractivity contribution in [3.8, 4) is 0 Å². The first-order valence-corrected chi connectivity index (χ1v) is 5.71. The van der Waals surface area contributed by atoms with Gasteiger partial charge in [-0.15, -0.1) is 11.3 Å². The van der Waals surface area contributed by atoms with Crippen molar-refractivity contribution in [2.45, 2.75) is 13.3 Å². The lowest BCUT2D eigenvalue weighted by molar-refractivity contribution is -0.120. The van der Waals surface area contributed by atoms with E-state index in [4.69, 9.17) is 9.84 Å². The highest BCUT2D eigenvalue weighted by atomic mass is 32.1. The minimum absolute atomic E-state index is 0.0528. The molecule has 16 heavy (non-hydrogen) atoms. The van der Waals surface area contributed by atoms with E-state index in [1.807, 2.05) is 6.92 Å². The van der Waals surface area contributed by atoms with Crippen LogP contribution in [0.4, 0.5) is 5.69 Å². The average molecular weight is 243 g/mol. The molecule has 1 aromatic heterocycles. The fourth-order valence-corrected chi connectivity index (χ4v) is 1.76. The number of hydrogen-bond donors (Lipinski definition) is 2. The molecule has 0 saturated carbocycles. The molecule has 88 valence electrons. The normalized spacial score (nSPS) is 10.1. The molecule has 0 aliphatic rings. The highest BCUT2D eigenvalue weighted by Crippen LogP contribution is 2.21. The number of amides is 1. The number of ether oxygens (including phenoxy) is 1. The van der Waals surface area contributed by atoms with Gasteiger partial charge in [-0.3, -0.25) is 4.79 Å². The molecule has 1 aromatic rings. The molecular formula is C10H13NO4S. The molecule has 0 bridgehead atoms. The fourth-order valence-electron chi connectivity index (χ4n) is 1.07. The van der Waals surface area contributed by atoms with E-state index in [0.717, 1.165) is 17.8 Å². The Morgan fingerprint density at radius 1 is 1.56 bits per heavy atom. The third-order valence-corrected chi connectivity index (χ3v) is 2.62. The van der Waals surface area contributed by atoms with Gasteiger partial charge in [0, 0.05) is 6.61 Å². The Labute approximate surface area is 97.0 Å². The van der Waals surface area contributed by atoms with Gasteiger partial charge in [0.15, 0.2) is 0 Å². The van der Waals surface area contributed by atoms with E-state index < -0.39 is 5.97 Å². The van der Waals surface area contributed by atoms with Crippen LogP contribution >= 0.6 is 11.3 Å². The van der Waals surface area contributed by atoms with E-state index in [1.165, 1.54) is 0 Å². The van der Waals surface area contributed by atoms with E-state index in [9.17, 15) is 9.59 Å². The van der Waals surface area contributed by atoms with Crippen LogP contribution in [0.5, 0.6) is 0 Å². The molecule has 5 nitrogen and oxygen atoms in total. The highest BCUT2D eigenvalue weighted by Gasteiger charge is 2.13. The van der Waals surface area contributed by atoms with Gasteiger partial charge in [-0.2, -0.15) is 0 Å². The third kappa shape index (κ3) is 3.63. The number of carboxylic acid groups (broad SMARTS) is 1. The summed E-state index contributed by atoms with van der Waals surface area (Å²) in [5.74, 6) is -1.38. The van der Waals surface area contributed by atoms with E-state index >= 15 is 0 Å². The molecule has 0 aliphatic carbocycles. The van der Waals surface area contributed by atoms with Crippen LogP contribution in [0, 0.1) is 0 Å². The number of carbonyl (C=O) groups excluding carboxylic acids is 1. The van der Waals surface area contributed by atoms with Crippen molar-refractivity contribution in [1.29, 1.82) is 0 Å². The lowest BCUT2D eigenvalue weighted by atomic mass is 10.4. The molecule has 0 atom stereocenters. The quantitative estimate of drug-likeness (QED) is 0.747. The molecule has 0 aromatic carbocycles. The molecule has 0 spiro atoms. The van der Waals surface area contributed by atoms with Crippen molar-refractivity contribution in [1.82, 2.24) is 0 Å². The number of hydrogen-bond acceptors (Lipinski definition) is 4. The van der Waals surface area contributed by atoms with E-state index in [1.54, 1.807) is 11.4 Å². The van der Waals surface area contributed by atoms with Crippen LogP contribution in [-0.2, 0) is 9.53 Å². The Morgan fingerprint density at radius 3 is 2.94 bits per heavy atom. The first-order valence-electron chi connectivity index (χ1n) is 4.83. The monoisotopic (exact) mass is 243 g/mol. The summed E-state index contributed by atoms with van der Waals surface area (Å²) in [6, 6.07) is 1.56. The van der Waals surface area contributed by atoms with E-state index in [2.05, 4.69) is 5.32 Å². The van der Waals surface area contributed by atoms with Crippen molar-refractivity contribution in [3.05, 3.63) is 16.3 Å². The SMILES string of the molecule is CCCOCC(=O)Nc1ccsc1C(=O)O. The highest BCUT2D eigenvalue weighted by molar-refractivity contribution is 7.12. The maximum Gasteiger partial charge on any atom is 0.348 e. The Morgan fingerprint density at radius 2 is 2.31 bits per heavy atom. The summed E-state index contributed by atoms with van der Waals surface area (Å²) in [5.41, 5.74) is 0.322. The Balaban J connectivity index is 2.49. The summed E-state index contributed by atoms with van der Waals surface area (Å²) in [6.07, 6.45) is 0.839. The number of rotatable bonds is 6. The lowest BCUT2D eigenvalue weighted by Crippen LogP contribution is -2.19. The molecule has 1 heterocycles. The van der Waals surface area contributed by atoms with Crippen molar-refractivity contribution >= 4 is 28.9 Å². The molecule has 2 N–H and O–H groups in total. The molecule has 0 radical (unpaired) electrons. The molecule has 1 amide bonds. The number of carboxylic acids is 1. The number of thiophene rings is 1. The summed E-state index contributed by atoms with van der Waals surface area (Å²) in [7, 11) is 0. The summed E-state index contributed by atoms with van der Waals surface area (Å²) >= 11 is 1.07. The van der Waals surface area contributed by atoms with Crippen molar-refractivity contribution < 1.29 is 19.4 Å². The molecule has 1 rings (SSSR count). The molecule has 0 fully saturated rings. The number of nitrogens with one attached hydrogen (secondary N) is 1. The standard InChI is InChI=1S/C10H13NO4S/c1-2-4-15-6-8(12)11-7-3-5-16-9(7)10(13)14/h3,5H,2,4,6H2,1H3,(H,11,12)(H,13,14). The van der Waals surface area contributed by atoms with Gasteiger partial charge in [0.25, 0.3) is 0 Å². The fraction of sp³-hybridized carbons (Fsp3) is 0.400. The molecule has 6 heteroatoms. The van der Waals surface area contributed by atoms with Gasteiger partial charge in [0.05, 0.1) is 5.69 Å². The van der Waals surface area contributed by atoms with E-state index in [-0.39, 0.29) is 17.4 Å². The molecular weight excluding hydrogens is 230 g/mol. The van der Waals surface area contributed by atoms with Crippen LogP contribution in [0.3, 0.4) is 0 Å². The van der Waals surface area contributed by atoms with Crippen LogP contribution in [0.1, 0.15) is 23.0 Å². The summed E-state index contributed by atoms with van der Waals surface area (Å²) < 4.78 is 5.04. The van der Waals surface area contributed by atoms with Gasteiger partial charge in [0.2, 0.25) is 5.91 Å². The zero-order valence-electron chi connectivity index (χ0n) is 8.86. The van der Waals surface area contributed by atoms with Crippen molar-refractivity contribution in [2.75, 3.05) is 18.5 Å². The Hall–Kier alpha value is -1.40. The second-order valence-corrected chi connectivity index (χ2v) is 3.99. The first kappa shape index (κ1) is 12.7. The minimum atomic E-state index is -1.04. The maximum absolute atomic E-state index is 11.3.